The maximum atomic E-state index is 11.2. The molecule has 0 atom stereocenters. The van der Waals surface area contributed by atoms with Crippen LogP contribution in [0.4, 0.5) is 0 Å². The maximum Gasteiger partial charge on any atom is 0.337 e. The molecule has 0 aromatic carbocycles. The number of nitrogens with zero attached hydrogens (tertiary/aromatic N) is 1. The number of hydrogen-bond acceptors (Lipinski definition) is 4. The van der Waals surface area contributed by atoms with Crippen LogP contribution in [0.3, 0.4) is 0 Å². The number of methoxy groups -OCH3 is 1. The van der Waals surface area contributed by atoms with Crippen LogP contribution in [-0.2, 0) is 27.4 Å². The Morgan fingerprint density at radius 3 is 2.72 bits per heavy atom. The van der Waals surface area contributed by atoms with Crippen molar-refractivity contribution in [3.05, 3.63) is 23.5 Å². The molecule has 1 aromatic heterocycles. The monoisotopic (exact) mass is 255 g/mol. The van der Waals surface area contributed by atoms with Crippen molar-refractivity contribution in [2.45, 2.75) is 26.5 Å². The number of aromatic carboxylic acids is 1. The van der Waals surface area contributed by atoms with Crippen LogP contribution in [0.15, 0.2) is 12.3 Å². The first-order valence-electron chi connectivity index (χ1n) is 5.66. The van der Waals surface area contributed by atoms with Gasteiger partial charge in [-0.2, -0.15) is 0 Å². The Kier molecular flexibility index (Phi) is 5.38. The van der Waals surface area contributed by atoms with Gasteiger partial charge in [-0.1, -0.05) is 0 Å². The average molecular weight is 255 g/mol. The molecule has 1 rings (SSSR count). The van der Waals surface area contributed by atoms with E-state index in [9.17, 15) is 9.59 Å². The number of esters is 1. The zero-order valence-electron chi connectivity index (χ0n) is 10.5. The number of aromatic nitrogens is 1. The van der Waals surface area contributed by atoms with Gasteiger partial charge < -0.3 is 19.1 Å². The molecule has 0 amide bonds. The fourth-order valence-electron chi connectivity index (χ4n) is 1.65. The van der Waals surface area contributed by atoms with Crippen molar-refractivity contribution in [1.82, 2.24) is 4.57 Å². The van der Waals surface area contributed by atoms with E-state index in [1.807, 2.05) is 0 Å². The second kappa shape index (κ2) is 6.80. The van der Waals surface area contributed by atoms with Crippen LogP contribution < -0.4 is 0 Å². The number of ether oxygens (including phenoxy) is 2. The van der Waals surface area contributed by atoms with Crippen LogP contribution in [0.25, 0.3) is 0 Å². The maximum absolute atomic E-state index is 11.2. The Morgan fingerprint density at radius 2 is 2.17 bits per heavy atom. The number of aryl methyl sites for hydroxylation is 1. The molecule has 1 N–H and O–H groups in total. The Hall–Kier alpha value is -1.82. The van der Waals surface area contributed by atoms with Crippen LogP contribution in [0.1, 0.15) is 29.4 Å². The molecule has 0 aliphatic rings. The third-order valence-corrected chi connectivity index (χ3v) is 2.45. The fraction of sp³-hybridized carbons (Fsp3) is 0.500. The summed E-state index contributed by atoms with van der Waals surface area (Å²) in [5.41, 5.74) is 0.745. The van der Waals surface area contributed by atoms with Crippen LogP contribution in [0.5, 0.6) is 0 Å². The van der Waals surface area contributed by atoms with Gasteiger partial charge in [-0.05, 0) is 13.0 Å². The van der Waals surface area contributed by atoms with Crippen molar-refractivity contribution >= 4 is 11.9 Å². The molecule has 6 nitrogen and oxygen atoms in total. The van der Waals surface area contributed by atoms with Crippen molar-refractivity contribution in [3.63, 3.8) is 0 Å². The highest BCUT2D eigenvalue weighted by Gasteiger charge is 2.15. The average Bonchev–Trinajstić information content (AvgIpc) is 2.71. The highest BCUT2D eigenvalue weighted by Crippen LogP contribution is 2.13. The summed E-state index contributed by atoms with van der Waals surface area (Å²) in [6.07, 6.45) is 1.84. The number of carboxylic acid groups (broad SMARTS) is 1. The van der Waals surface area contributed by atoms with Gasteiger partial charge in [-0.3, -0.25) is 4.79 Å². The van der Waals surface area contributed by atoms with Crippen LogP contribution in [0.2, 0.25) is 0 Å². The topological polar surface area (TPSA) is 77.8 Å². The third-order valence-electron chi connectivity index (χ3n) is 2.45. The minimum absolute atomic E-state index is 0.192. The van der Waals surface area contributed by atoms with E-state index in [0.29, 0.717) is 18.8 Å². The fourth-order valence-corrected chi connectivity index (χ4v) is 1.65. The van der Waals surface area contributed by atoms with E-state index in [0.717, 1.165) is 0 Å². The van der Waals surface area contributed by atoms with Crippen molar-refractivity contribution < 1.29 is 24.2 Å². The minimum Gasteiger partial charge on any atom is -0.478 e. The summed E-state index contributed by atoms with van der Waals surface area (Å²) in [5.74, 6) is -1.30. The van der Waals surface area contributed by atoms with Crippen molar-refractivity contribution in [2.75, 3.05) is 13.7 Å². The Bertz CT molecular complexity index is 424. The van der Waals surface area contributed by atoms with E-state index in [1.165, 1.54) is 13.2 Å². The summed E-state index contributed by atoms with van der Waals surface area (Å²) in [4.78, 5) is 22.2. The quantitative estimate of drug-likeness (QED) is 0.743. The van der Waals surface area contributed by atoms with Crippen LogP contribution in [0, 0.1) is 0 Å². The SMILES string of the molecule is CCOC(=O)CCn1ccc(C(=O)O)c1COC. The molecule has 0 spiro atoms. The highest BCUT2D eigenvalue weighted by molar-refractivity contribution is 5.89. The van der Waals surface area contributed by atoms with Gasteiger partial charge in [0.25, 0.3) is 0 Å². The molecular weight excluding hydrogens is 238 g/mol. The molecule has 1 heterocycles. The molecule has 1 aromatic rings. The first-order valence-corrected chi connectivity index (χ1v) is 5.66. The van der Waals surface area contributed by atoms with Gasteiger partial charge in [0.1, 0.15) is 0 Å². The lowest BCUT2D eigenvalue weighted by atomic mass is 10.2. The summed E-state index contributed by atoms with van der Waals surface area (Å²) in [5, 5.41) is 9.01. The molecular formula is C12H17NO5. The lowest BCUT2D eigenvalue weighted by Crippen LogP contribution is -2.12. The summed E-state index contributed by atoms with van der Waals surface area (Å²) < 4.78 is 11.5. The molecule has 100 valence electrons. The van der Waals surface area contributed by atoms with E-state index < -0.39 is 5.97 Å². The zero-order chi connectivity index (χ0) is 13.5. The van der Waals surface area contributed by atoms with Gasteiger partial charge in [0.15, 0.2) is 0 Å². The molecule has 0 bridgehead atoms. The van der Waals surface area contributed by atoms with Crippen molar-refractivity contribution in [1.29, 1.82) is 0 Å². The second-order valence-electron chi connectivity index (χ2n) is 3.66. The van der Waals surface area contributed by atoms with Crippen LogP contribution in [-0.4, -0.2) is 35.3 Å². The van der Waals surface area contributed by atoms with E-state index in [2.05, 4.69) is 0 Å². The molecule has 0 unspecified atom stereocenters. The standard InChI is InChI=1S/C12H17NO5/c1-3-18-11(14)5-7-13-6-4-9(12(15)16)10(13)8-17-2/h4,6H,3,5,7-8H2,1-2H3,(H,15,16). The first kappa shape index (κ1) is 14.2. The van der Waals surface area contributed by atoms with E-state index in [4.69, 9.17) is 14.6 Å². The first-order chi connectivity index (χ1) is 8.60. The Balaban J connectivity index is 2.76. The zero-order valence-corrected chi connectivity index (χ0v) is 10.5. The molecule has 6 heteroatoms. The Morgan fingerprint density at radius 1 is 1.44 bits per heavy atom. The molecule has 0 radical (unpaired) electrons. The predicted molar refractivity (Wildman–Crippen MR) is 63.4 cm³/mol. The lowest BCUT2D eigenvalue weighted by molar-refractivity contribution is -0.143. The summed E-state index contributed by atoms with van der Waals surface area (Å²) in [6, 6.07) is 1.50. The molecule has 0 saturated carbocycles. The number of carbonyl (C=O) groups excluding carboxylic acids is 1. The number of carboxylic acids is 1. The van der Waals surface area contributed by atoms with Gasteiger partial charge >= 0.3 is 11.9 Å². The predicted octanol–water partition coefficient (Wildman–Crippen LogP) is 1.29. The van der Waals surface area contributed by atoms with Crippen molar-refractivity contribution in [3.8, 4) is 0 Å². The number of carbonyl (C=O) groups is 2. The summed E-state index contributed by atoms with van der Waals surface area (Å²) in [6.45, 7) is 2.66. The van der Waals surface area contributed by atoms with Gasteiger partial charge in [0.05, 0.1) is 30.9 Å². The van der Waals surface area contributed by atoms with E-state index in [1.54, 1.807) is 17.7 Å². The molecule has 18 heavy (non-hydrogen) atoms. The molecule has 0 aliphatic carbocycles. The van der Waals surface area contributed by atoms with Gasteiger partial charge in [0.2, 0.25) is 0 Å². The molecule has 0 fully saturated rings. The number of hydrogen-bond donors (Lipinski definition) is 1. The summed E-state index contributed by atoms with van der Waals surface area (Å²) >= 11 is 0. The van der Waals surface area contributed by atoms with Gasteiger partial charge in [0, 0.05) is 19.9 Å². The highest BCUT2D eigenvalue weighted by atomic mass is 16.5. The van der Waals surface area contributed by atoms with E-state index >= 15 is 0 Å². The third kappa shape index (κ3) is 3.59. The van der Waals surface area contributed by atoms with Gasteiger partial charge in [-0.15, -0.1) is 0 Å². The van der Waals surface area contributed by atoms with E-state index in [-0.39, 0.29) is 24.6 Å². The molecule has 0 aliphatic heterocycles. The van der Waals surface area contributed by atoms with Gasteiger partial charge in [-0.25, -0.2) is 4.79 Å². The lowest BCUT2D eigenvalue weighted by Gasteiger charge is -2.09. The molecule has 0 saturated heterocycles. The number of rotatable bonds is 7. The smallest absolute Gasteiger partial charge is 0.337 e. The minimum atomic E-state index is -1.00. The van der Waals surface area contributed by atoms with Crippen LogP contribution >= 0.6 is 0 Å². The summed E-state index contributed by atoms with van der Waals surface area (Å²) in [7, 11) is 1.49. The normalized spacial score (nSPS) is 10.3. The Labute approximate surface area is 105 Å². The van der Waals surface area contributed by atoms with Crippen molar-refractivity contribution in [2.24, 2.45) is 0 Å². The second-order valence-corrected chi connectivity index (χ2v) is 3.66. The largest absolute Gasteiger partial charge is 0.478 e.